The first kappa shape index (κ1) is 18.6. The van der Waals surface area contributed by atoms with Crippen molar-refractivity contribution < 1.29 is 14.3 Å². The lowest BCUT2D eigenvalue weighted by Gasteiger charge is -2.32. The van der Waals surface area contributed by atoms with Crippen LogP contribution in [0.1, 0.15) is 24.0 Å². The normalized spacial score (nSPS) is 16.8. The van der Waals surface area contributed by atoms with Gasteiger partial charge in [0.2, 0.25) is 6.79 Å². The van der Waals surface area contributed by atoms with Gasteiger partial charge in [0.05, 0.1) is 0 Å². The number of fused-ring (bicyclic) bond motifs is 1. The lowest BCUT2D eigenvalue weighted by atomic mass is 9.96. The van der Waals surface area contributed by atoms with Gasteiger partial charge < -0.3 is 20.1 Å². The summed E-state index contributed by atoms with van der Waals surface area (Å²) in [5, 5.41) is 5.86. The second-order valence-corrected chi connectivity index (χ2v) is 7.61. The van der Waals surface area contributed by atoms with E-state index in [0.717, 1.165) is 32.5 Å². The van der Waals surface area contributed by atoms with Gasteiger partial charge in [0.15, 0.2) is 11.5 Å². The van der Waals surface area contributed by atoms with Crippen LogP contribution in [0.15, 0.2) is 42.5 Å². The summed E-state index contributed by atoms with van der Waals surface area (Å²) in [6.45, 7) is 6.20. The Labute approximate surface area is 165 Å². The number of anilines is 1. The Bertz CT molecular complexity index is 814. The van der Waals surface area contributed by atoms with Gasteiger partial charge in [-0.2, -0.15) is 0 Å². The Balaban J connectivity index is 1.18. The van der Waals surface area contributed by atoms with E-state index in [4.69, 9.17) is 9.47 Å². The lowest BCUT2D eigenvalue weighted by Crippen LogP contribution is -2.39. The van der Waals surface area contributed by atoms with Gasteiger partial charge in [0.25, 0.3) is 0 Å². The molecule has 0 bridgehead atoms. The largest absolute Gasteiger partial charge is 0.454 e. The molecule has 0 unspecified atom stereocenters. The second-order valence-electron chi connectivity index (χ2n) is 7.61. The van der Waals surface area contributed by atoms with Crippen molar-refractivity contribution in [3.63, 3.8) is 0 Å². The Morgan fingerprint density at radius 3 is 2.61 bits per heavy atom. The van der Waals surface area contributed by atoms with Crippen LogP contribution in [0.3, 0.4) is 0 Å². The Morgan fingerprint density at radius 2 is 1.82 bits per heavy atom. The van der Waals surface area contributed by atoms with Crippen LogP contribution in [-0.4, -0.2) is 37.4 Å². The van der Waals surface area contributed by atoms with E-state index in [1.807, 2.05) is 12.1 Å². The minimum Gasteiger partial charge on any atom is -0.454 e. The molecule has 2 aromatic rings. The van der Waals surface area contributed by atoms with Crippen LogP contribution in [0.2, 0.25) is 0 Å². The van der Waals surface area contributed by atoms with Gasteiger partial charge >= 0.3 is 6.03 Å². The molecule has 6 nitrogen and oxygen atoms in total. The highest BCUT2D eigenvalue weighted by molar-refractivity contribution is 5.89. The smallest absolute Gasteiger partial charge is 0.319 e. The standard InChI is InChI=1S/C22H27N3O3/c1-16-2-4-18(5-3-16)14-25-10-8-17(9-11-25)13-23-22(26)24-19-6-7-20-21(12-19)28-15-27-20/h2-7,12,17H,8-11,13-15H2,1H3,(H2,23,24,26). The maximum absolute atomic E-state index is 12.2. The number of ether oxygens (including phenoxy) is 2. The summed E-state index contributed by atoms with van der Waals surface area (Å²) < 4.78 is 10.6. The van der Waals surface area contributed by atoms with E-state index in [1.54, 1.807) is 6.07 Å². The molecule has 0 aliphatic carbocycles. The average molecular weight is 381 g/mol. The van der Waals surface area contributed by atoms with Gasteiger partial charge in [-0.15, -0.1) is 0 Å². The molecule has 2 amide bonds. The minimum absolute atomic E-state index is 0.180. The number of aryl methyl sites for hydroxylation is 1. The molecule has 2 aliphatic rings. The molecule has 2 aromatic carbocycles. The van der Waals surface area contributed by atoms with Gasteiger partial charge in [0, 0.05) is 24.8 Å². The van der Waals surface area contributed by atoms with Crippen LogP contribution in [0.4, 0.5) is 10.5 Å². The zero-order valence-corrected chi connectivity index (χ0v) is 16.2. The van der Waals surface area contributed by atoms with E-state index in [-0.39, 0.29) is 12.8 Å². The van der Waals surface area contributed by atoms with Crippen molar-refractivity contribution >= 4 is 11.7 Å². The van der Waals surface area contributed by atoms with Crippen molar-refractivity contribution in [2.24, 2.45) is 5.92 Å². The van der Waals surface area contributed by atoms with Gasteiger partial charge in [-0.25, -0.2) is 4.79 Å². The number of rotatable bonds is 5. The Morgan fingerprint density at radius 1 is 1.07 bits per heavy atom. The number of nitrogens with zero attached hydrogens (tertiary/aromatic N) is 1. The molecule has 1 fully saturated rings. The SMILES string of the molecule is Cc1ccc(CN2CCC(CNC(=O)Nc3ccc4c(c3)OCO4)CC2)cc1. The molecule has 148 valence electrons. The third kappa shape index (κ3) is 4.75. The first-order valence-electron chi connectivity index (χ1n) is 9.88. The monoisotopic (exact) mass is 381 g/mol. The number of likely N-dealkylation sites (tertiary alicyclic amines) is 1. The molecule has 4 rings (SSSR count). The molecule has 0 radical (unpaired) electrons. The highest BCUT2D eigenvalue weighted by atomic mass is 16.7. The quantitative estimate of drug-likeness (QED) is 0.828. The zero-order valence-electron chi connectivity index (χ0n) is 16.2. The summed E-state index contributed by atoms with van der Waals surface area (Å²) >= 11 is 0. The number of benzene rings is 2. The summed E-state index contributed by atoms with van der Waals surface area (Å²) in [6.07, 6.45) is 2.21. The lowest BCUT2D eigenvalue weighted by molar-refractivity contribution is 0.174. The number of piperidine rings is 1. The van der Waals surface area contributed by atoms with Crippen molar-refractivity contribution in [2.75, 3.05) is 31.7 Å². The molecule has 2 N–H and O–H groups in total. The van der Waals surface area contributed by atoms with E-state index >= 15 is 0 Å². The van der Waals surface area contributed by atoms with Crippen LogP contribution in [0.5, 0.6) is 11.5 Å². The number of carbonyl (C=O) groups excluding carboxylic acids is 1. The molecule has 1 saturated heterocycles. The van der Waals surface area contributed by atoms with E-state index in [1.165, 1.54) is 11.1 Å². The molecule has 0 spiro atoms. The fourth-order valence-corrected chi connectivity index (χ4v) is 3.69. The number of carbonyl (C=O) groups is 1. The summed E-state index contributed by atoms with van der Waals surface area (Å²) in [5.41, 5.74) is 3.37. The van der Waals surface area contributed by atoms with Crippen LogP contribution in [-0.2, 0) is 6.54 Å². The van der Waals surface area contributed by atoms with Crippen molar-refractivity contribution in [1.82, 2.24) is 10.2 Å². The number of hydrogen-bond acceptors (Lipinski definition) is 4. The Kier molecular flexibility index (Phi) is 5.67. The molecule has 2 heterocycles. The third-order valence-corrected chi connectivity index (χ3v) is 5.42. The van der Waals surface area contributed by atoms with E-state index in [2.05, 4.69) is 46.7 Å². The Hall–Kier alpha value is -2.73. The maximum atomic E-state index is 12.2. The summed E-state index contributed by atoms with van der Waals surface area (Å²) in [7, 11) is 0. The predicted molar refractivity (Wildman–Crippen MR) is 109 cm³/mol. The van der Waals surface area contributed by atoms with Gasteiger partial charge in [0.1, 0.15) is 0 Å². The first-order valence-corrected chi connectivity index (χ1v) is 9.88. The molecular weight excluding hydrogens is 354 g/mol. The molecule has 0 saturated carbocycles. The summed E-state index contributed by atoms with van der Waals surface area (Å²) in [5.74, 6) is 1.90. The first-order chi connectivity index (χ1) is 13.7. The van der Waals surface area contributed by atoms with Crippen molar-refractivity contribution in [3.8, 4) is 11.5 Å². The van der Waals surface area contributed by atoms with E-state index in [0.29, 0.717) is 29.6 Å². The molecular formula is C22H27N3O3. The predicted octanol–water partition coefficient (Wildman–Crippen LogP) is 3.76. The number of nitrogens with one attached hydrogen (secondary N) is 2. The minimum atomic E-state index is -0.180. The van der Waals surface area contributed by atoms with Crippen molar-refractivity contribution in [1.29, 1.82) is 0 Å². The highest BCUT2D eigenvalue weighted by Gasteiger charge is 2.20. The fourth-order valence-electron chi connectivity index (χ4n) is 3.69. The average Bonchev–Trinajstić information content (AvgIpc) is 3.17. The highest BCUT2D eigenvalue weighted by Crippen LogP contribution is 2.34. The third-order valence-electron chi connectivity index (χ3n) is 5.42. The summed E-state index contributed by atoms with van der Waals surface area (Å²) in [4.78, 5) is 14.7. The molecule has 2 aliphatic heterocycles. The zero-order chi connectivity index (χ0) is 19.3. The number of hydrogen-bond donors (Lipinski definition) is 2. The van der Waals surface area contributed by atoms with Crippen molar-refractivity contribution in [3.05, 3.63) is 53.6 Å². The van der Waals surface area contributed by atoms with E-state index in [9.17, 15) is 4.79 Å². The second kappa shape index (κ2) is 8.52. The van der Waals surface area contributed by atoms with Crippen LogP contribution < -0.4 is 20.1 Å². The fraction of sp³-hybridized carbons (Fsp3) is 0.409. The van der Waals surface area contributed by atoms with Gasteiger partial charge in [-0.05, 0) is 56.5 Å². The number of urea groups is 1. The van der Waals surface area contributed by atoms with E-state index < -0.39 is 0 Å². The molecule has 0 atom stereocenters. The molecule has 6 heteroatoms. The topological polar surface area (TPSA) is 62.8 Å². The van der Waals surface area contributed by atoms with Crippen LogP contribution in [0, 0.1) is 12.8 Å². The molecule has 0 aromatic heterocycles. The van der Waals surface area contributed by atoms with Crippen molar-refractivity contribution in [2.45, 2.75) is 26.3 Å². The van der Waals surface area contributed by atoms with Gasteiger partial charge in [-0.3, -0.25) is 4.90 Å². The van der Waals surface area contributed by atoms with Gasteiger partial charge in [-0.1, -0.05) is 29.8 Å². The van der Waals surface area contributed by atoms with Crippen LogP contribution >= 0.6 is 0 Å². The maximum Gasteiger partial charge on any atom is 0.319 e. The number of amides is 2. The summed E-state index contributed by atoms with van der Waals surface area (Å²) in [6, 6.07) is 14.0. The van der Waals surface area contributed by atoms with Crippen LogP contribution in [0.25, 0.3) is 0 Å². The molecule has 28 heavy (non-hydrogen) atoms.